The van der Waals surface area contributed by atoms with E-state index < -0.39 is 27.4 Å². The maximum Gasteiger partial charge on any atom is 0.236 e. The first-order valence-electron chi connectivity index (χ1n) is 8.34. The lowest BCUT2D eigenvalue weighted by Gasteiger charge is -2.11. The Kier molecular flexibility index (Phi) is 7.36. The number of primary amides is 1. The van der Waals surface area contributed by atoms with Crippen molar-refractivity contribution in [2.24, 2.45) is 5.73 Å². The van der Waals surface area contributed by atoms with Gasteiger partial charge in [0.1, 0.15) is 5.82 Å². The number of benzene rings is 1. The molecule has 2 rings (SSSR count). The van der Waals surface area contributed by atoms with Crippen molar-refractivity contribution in [3.8, 4) is 0 Å². The van der Waals surface area contributed by atoms with E-state index in [1.165, 1.54) is 6.20 Å². The molecular weight excluding hydrogens is 420 g/mol. The predicted octanol–water partition coefficient (Wildman–Crippen LogP) is 0.748. The summed E-state index contributed by atoms with van der Waals surface area (Å²) in [6.45, 7) is -0.399. The number of halogens is 2. The maximum atomic E-state index is 14.0. The van der Waals surface area contributed by atoms with Gasteiger partial charge >= 0.3 is 0 Å². The molecule has 160 valence electrons. The van der Waals surface area contributed by atoms with Crippen molar-refractivity contribution >= 4 is 33.7 Å². The summed E-state index contributed by atoms with van der Waals surface area (Å²) in [6.07, 6.45) is 4.04. The minimum absolute atomic E-state index is 0.00109. The Morgan fingerprint density at radius 3 is 2.67 bits per heavy atom. The fourth-order valence-electron chi connectivity index (χ4n) is 2.15. The van der Waals surface area contributed by atoms with E-state index in [9.17, 15) is 22.0 Å². The van der Waals surface area contributed by atoms with E-state index in [2.05, 4.69) is 25.9 Å². The lowest BCUT2D eigenvalue weighted by Crippen LogP contribution is -2.25. The van der Waals surface area contributed by atoms with Crippen LogP contribution >= 0.6 is 0 Å². The second-order valence-corrected chi connectivity index (χ2v) is 8.00. The van der Waals surface area contributed by atoms with Gasteiger partial charge in [0.25, 0.3) is 0 Å². The Bertz CT molecular complexity index is 1090. The van der Waals surface area contributed by atoms with Crippen molar-refractivity contribution in [1.82, 2.24) is 15.3 Å². The van der Waals surface area contributed by atoms with E-state index >= 15 is 0 Å². The highest BCUT2D eigenvalue weighted by molar-refractivity contribution is 7.90. The van der Waals surface area contributed by atoms with Crippen LogP contribution in [-0.2, 0) is 21.2 Å². The first-order chi connectivity index (χ1) is 14.1. The predicted molar refractivity (Wildman–Crippen MR) is 107 cm³/mol. The summed E-state index contributed by atoms with van der Waals surface area (Å²) in [4.78, 5) is 18.3. The van der Waals surface area contributed by atoms with Crippen LogP contribution in [-0.4, -0.2) is 43.3 Å². The average molecular weight is 439 g/mol. The van der Waals surface area contributed by atoms with Gasteiger partial charge in [0.2, 0.25) is 11.9 Å². The molecule has 0 aliphatic carbocycles. The third-order valence-electron chi connectivity index (χ3n) is 3.58. The molecule has 0 aliphatic heterocycles. The molecule has 1 heterocycles. The number of aromatic nitrogens is 2. The first kappa shape index (κ1) is 22.7. The Morgan fingerprint density at radius 2 is 2.03 bits per heavy atom. The molecule has 0 spiro atoms. The Labute approximate surface area is 171 Å². The number of nitrogens with one attached hydrogen (secondary N) is 4. The van der Waals surface area contributed by atoms with Crippen molar-refractivity contribution in [3.05, 3.63) is 53.5 Å². The SMILES string of the molecule is CS(=O)(=O)c1ccc(F)c(CNc2nc(N/C(C=N)=C/NCC(N)=O)ncc2F)c1. The van der Waals surface area contributed by atoms with Crippen molar-refractivity contribution in [2.75, 3.05) is 23.4 Å². The van der Waals surface area contributed by atoms with Crippen LogP contribution in [0.4, 0.5) is 20.5 Å². The largest absolute Gasteiger partial charge is 0.380 e. The molecule has 0 unspecified atom stereocenters. The number of hydrogen-bond donors (Lipinski definition) is 5. The third-order valence-corrected chi connectivity index (χ3v) is 4.69. The summed E-state index contributed by atoms with van der Waals surface area (Å²) in [6, 6.07) is 3.30. The number of allylic oxidation sites excluding steroid dienone is 1. The lowest BCUT2D eigenvalue weighted by atomic mass is 10.2. The molecule has 6 N–H and O–H groups in total. The zero-order valence-corrected chi connectivity index (χ0v) is 16.6. The molecule has 30 heavy (non-hydrogen) atoms. The number of rotatable bonds is 10. The van der Waals surface area contributed by atoms with E-state index in [0.717, 1.165) is 36.9 Å². The molecule has 1 aromatic heterocycles. The molecule has 0 saturated heterocycles. The quantitative estimate of drug-likeness (QED) is 0.267. The van der Waals surface area contributed by atoms with Crippen LogP contribution in [0.2, 0.25) is 0 Å². The molecule has 0 radical (unpaired) electrons. The van der Waals surface area contributed by atoms with Gasteiger partial charge in [-0.15, -0.1) is 0 Å². The van der Waals surface area contributed by atoms with Gasteiger partial charge in [-0.1, -0.05) is 0 Å². The van der Waals surface area contributed by atoms with Gasteiger partial charge in [-0.2, -0.15) is 4.98 Å². The average Bonchev–Trinajstić information content (AvgIpc) is 2.67. The van der Waals surface area contributed by atoms with Gasteiger partial charge in [0, 0.05) is 30.8 Å². The summed E-state index contributed by atoms with van der Waals surface area (Å²) in [5.74, 6) is -2.46. The fraction of sp³-hybridized carbons (Fsp3) is 0.176. The van der Waals surface area contributed by atoms with Crippen LogP contribution in [0.5, 0.6) is 0 Å². The number of carbonyl (C=O) groups is 1. The molecule has 1 amide bonds. The molecular formula is C17H19F2N7O3S. The van der Waals surface area contributed by atoms with Crippen LogP contribution in [0.1, 0.15) is 5.56 Å². The zero-order chi connectivity index (χ0) is 22.3. The molecule has 10 nitrogen and oxygen atoms in total. The number of nitrogens with two attached hydrogens (primary N) is 1. The van der Waals surface area contributed by atoms with Crippen LogP contribution in [0.3, 0.4) is 0 Å². The summed E-state index contributed by atoms with van der Waals surface area (Å²) in [5, 5.41) is 15.1. The highest BCUT2D eigenvalue weighted by atomic mass is 32.2. The minimum Gasteiger partial charge on any atom is -0.380 e. The number of nitrogens with zero attached hydrogens (tertiary/aromatic N) is 2. The Balaban J connectivity index is 2.16. The van der Waals surface area contributed by atoms with Crippen molar-refractivity contribution in [2.45, 2.75) is 11.4 Å². The van der Waals surface area contributed by atoms with E-state index in [1.54, 1.807) is 0 Å². The third kappa shape index (κ3) is 6.48. The van der Waals surface area contributed by atoms with Crippen molar-refractivity contribution in [1.29, 1.82) is 5.41 Å². The van der Waals surface area contributed by atoms with Gasteiger partial charge in [-0.25, -0.2) is 22.2 Å². The highest BCUT2D eigenvalue weighted by Gasteiger charge is 2.13. The Morgan fingerprint density at radius 1 is 1.30 bits per heavy atom. The highest BCUT2D eigenvalue weighted by Crippen LogP contribution is 2.18. The second-order valence-electron chi connectivity index (χ2n) is 5.99. The number of anilines is 2. The molecule has 0 fully saturated rings. The molecule has 13 heteroatoms. The number of sulfone groups is 1. The van der Waals surface area contributed by atoms with E-state index in [1.807, 2.05) is 0 Å². The fourth-order valence-corrected chi connectivity index (χ4v) is 2.82. The van der Waals surface area contributed by atoms with E-state index in [-0.39, 0.29) is 41.0 Å². The van der Waals surface area contributed by atoms with Crippen molar-refractivity contribution < 1.29 is 22.0 Å². The Hall–Kier alpha value is -3.61. The molecule has 0 bridgehead atoms. The maximum absolute atomic E-state index is 14.0. The van der Waals surface area contributed by atoms with E-state index in [0.29, 0.717) is 0 Å². The zero-order valence-electron chi connectivity index (χ0n) is 15.7. The van der Waals surface area contributed by atoms with Gasteiger partial charge in [-0.05, 0) is 18.2 Å². The van der Waals surface area contributed by atoms with Crippen molar-refractivity contribution in [3.63, 3.8) is 0 Å². The topological polar surface area (TPSA) is 163 Å². The van der Waals surface area contributed by atoms with Crippen LogP contribution in [0.25, 0.3) is 0 Å². The summed E-state index contributed by atoms with van der Waals surface area (Å²) < 4.78 is 51.3. The number of amides is 1. The summed E-state index contributed by atoms with van der Waals surface area (Å²) in [7, 11) is -3.54. The standard InChI is InChI=1S/C17H19F2N7O3S/c1-30(28,29)12-2-3-13(18)10(4-12)6-23-16-14(19)8-24-17(26-16)25-11(5-20)7-22-9-15(21)27/h2-5,7-8,20,22H,6,9H2,1H3,(H2,21,27)(H2,23,24,25,26)/b11-7+,20-5?. The van der Waals surface area contributed by atoms with Crippen LogP contribution in [0.15, 0.2) is 41.2 Å². The molecule has 2 aromatic rings. The first-order valence-corrected chi connectivity index (χ1v) is 10.2. The van der Waals surface area contributed by atoms with Gasteiger partial charge in [0.15, 0.2) is 21.5 Å². The molecule has 1 aromatic carbocycles. The molecule has 0 aliphatic rings. The summed E-state index contributed by atoms with van der Waals surface area (Å²) >= 11 is 0. The van der Waals surface area contributed by atoms with Gasteiger partial charge < -0.3 is 27.1 Å². The van der Waals surface area contributed by atoms with Gasteiger partial charge in [-0.3, -0.25) is 4.79 Å². The monoisotopic (exact) mass is 439 g/mol. The smallest absolute Gasteiger partial charge is 0.236 e. The normalized spacial score (nSPS) is 11.6. The molecule has 0 saturated carbocycles. The van der Waals surface area contributed by atoms with Crippen LogP contribution < -0.4 is 21.7 Å². The number of hydrogen-bond acceptors (Lipinski definition) is 9. The van der Waals surface area contributed by atoms with E-state index in [4.69, 9.17) is 11.1 Å². The lowest BCUT2D eigenvalue weighted by molar-refractivity contribution is -0.117. The molecule has 0 atom stereocenters. The van der Waals surface area contributed by atoms with Gasteiger partial charge in [0.05, 0.1) is 23.3 Å². The second kappa shape index (κ2) is 9.73. The minimum atomic E-state index is -3.54. The van der Waals surface area contributed by atoms with Crippen LogP contribution in [0, 0.1) is 17.0 Å². The number of carbonyl (C=O) groups excluding carboxylic acids is 1. The summed E-state index contributed by atoms with van der Waals surface area (Å²) in [5.41, 5.74) is 5.15.